The van der Waals surface area contributed by atoms with Crippen molar-refractivity contribution in [3.63, 3.8) is 0 Å². The number of hydrogen-bond donors (Lipinski definition) is 0. The fraction of sp³-hybridized carbons (Fsp3) is 0.462. The summed E-state index contributed by atoms with van der Waals surface area (Å²) >= 11 is 11.5. The van der Waals surface area contributed by atoms with Gasteiger partial charge in [-0.2, -0.15) is 0 Å². The minimum absolute atomic E-state index is 0.0582. The zero-order chi connectivity index (χ0) is 13.5. The van der Waals surface area contributed by atoms with Gasteiger partial charge >= 0.3 is 0 Å². The summed E-state index contributed by atoms with van der Waals surface area (Å²) in [5, 5.41) is 0. The number of halogens is 2. The lowest BCUT2D eigenvalue weighted by molar-refractivity contribution is -0.116. The number of amides is 1. The van der Waals surface area contributed by atoms with Crippen LogP contribution in [-0.2, 0) is 11.2 Å². The maximum atomic E-state index is 11.8. The highest BCUT2D eigenvalue weighted by Gasteiger charge is 2.20. The Kier molecular flexibility index (Phi) is 6.30. The topological polar surface area (TPSA) is 29.5 Å². The maximum Gasteiger partial charge on any atom is 0.243 e. The molecule has 1 rings (SSSR count). The molecule has 0 aliphatic heterocycles. The molecule has 1 aromatic rings. The number of carbonyl (C=O) groups excluding carboxylic acids is 1. The summed E-state index contributed by atoms with van der Waals surface area (Å²) in [6.07, 6.45) is 0.791. The second kappa shape index (κ2) is 7.49. The molecular formula is C13H17Cl2NO2. The van der Waals surface area contributed by atoms with Crippen molar-refractivity contribution in [3.05, 3.63) is 23.8 Å². The summed E-state index contributed by atoms with van der Waals surface area (Å²) in [6, 6.07) is 5.76. The molecule has 0 spiro atoms. The molecule has 0 aromatic heterocycles. The first-order chi connectivity index (χ1) is 8.69. The minimum Gasteiger partial charge on any atom is -0.492 e. The number of alkyl halides is 2. The number of rotatable bonds is 6. The van der Waals surface area contributed by atoms with Gasteiger partial charge in [0.15, 0.2) is 0 Å². The Morgan fingerprint density at radius 2 is 2.06 bits per heavy atom. The molecule has 0 atom stereocenters. The van der Waals surface area contributed by atoms with Gasteiger partial charge in [-0.15, -0.1) is 23.2 Å². The van der Waals surface area contributed by atoms with Crippen LogP contribution < -0.4 is 9.64 Å². The SMILES string of the molecule is CCOc1cccc(CC)c1N(CCl)C(=O)CCl. The van der Waals surface area contributed by atoms with Gasteiger partial charge in [0.1, 0.15) is 17.6 Å². The summed E-state index contributed by atoms with van der Waals surface area (Å²) in [6.45, 7) is 4.45. The van der Waals surface area contributed by atoms with Gasteiger partial charge in [-0.05, 0) is 25.0 Å². The van der Waals surface area contributed by atoms with Crippen LogP contribution >= 0.6 is 23.2 Å². The third kappa shape index (κ3) is 3.30. The van der Waals surface area contributed by atoms with Crippen molar-refractivity contribution in [1.29, 1.82) is 0 Å². The first-order valence-corrected chi connectivity index (χ1v) is 6.93. The highest BCUT2D eigenvalue weighted by molar-refractivity contribution is 6.31. The zero-order valence-electron chi connectivity index (χ0n) is 10.6. The smallest absolute Gasteiger partial charge is 0.243 e. The predicted molar refractivity (Wildman–Crippen MR) is 75.9 cm³/mol. The minimum atomic E-state index is -0.228. The molecule has 0 saturated heterocycles. The third-order valence-electron chi connectivity index (χ3n) is 2.57. The second-order valence-electron chi connectivity index (χ2n) is 3.63. The quantitative estimate of drug-likeness (QED) is 0.593. The molecule has 3 nitrogen and oxygen atoms in total. The fourth-order valence-corrected chi connectivity index (χ4v) is 2.15. The number of benzene rings is 1. The Balaban J connectivity index is 3.28. The van der Waals surface area contributed by atoms with E-state index in [1.807, 2.05) is 32.0 Å². The van der Waals surface area contributed by atoms with E-state index in [-0.39, 0.29) is 17.8 Å². The van der Waals surface area contributed by atoms with Crippen molar-refractivity contribution in [2.45, 2.75) is 20.3 Å². The molecule has 0 aliphatic rings. The molecule has 1 aromatic carbocycles. The van der Waals surface area contributed by atoms with Gasteiger partial charge in [-0.25, -0.2) is 0 Å². The molecule has 0 fully saturated rings. The van der Waals surface area contributed by atoms with Gasteiger partial charge in [0.25, 0.3) is 0 Å². The fourth-order valence-electron chi connectivity index (χ4n) is 1.75. The number of para-hydroxylation sites is 1. The van der Waals surface area contributed by atoms with Crippen LogP contribution in [-0.4, -0.2) is 24.4 Å². The van der Waals surface area contributed by atoms with Crippen molar-refractivity contribution in [3.8, 4) is 5.75 Å². The molecule has 0 saturated carbocycles. The molecule has 0 aliphatic carbocycles. The van der Waals surface area contributed by atoms with Crippen LogP contribution in [0.25, 0.3) is 0 Å². The van der Waals surface area contributed by atoms with E-state index >= 15 is 0 Å². The molecule has 18 heavy (non-hydrogen) atoms. The number of ether oxygens (including phenoxy) is 1. The molecule has 100 valence electrons. The molecular weight excluding hydrogens is 273 g/mol. The van der Waals surface area contributed by atoms with E-state index in [0.717, 1.165) is 17.7 Å². The standard InChI is InChI=1S/C13H17Cl2NO2/c1-3-10-6-5-7-11(18-4-2)13(10)16(9-15)12(17)8-14/h5-7H,3-4,8-9H2,1-2H3. The van der Waals surface area contributed by atoms with Crippen molar-refractivity contribution in [2.75, 3.05) is 23.4 Å². The number of aryl methyl sites for hydroxylation is 1. The Bertz CT molecular complexity index is 410. The number of anilines is 1. The predicted octanol–water partition coefficient (Wildman–Crippen LogP) is 3.42. The number of hydrogen-bond acceptors (Lipinski definition) is 2. The lowest BCUT2D eigenvalue weighted by Crippen LogP contribution is -2.32. The average molecular weight is 290 g/mol. The van der Waals surface area contributed by atoms with Gasteiger partial charge < -0.3 is 4.74 Å². The Hall–Kier alpha value is -0.930. The molecule has 0 heterocycles. The van der Waals surface area contributed by atoms with Crippen molar-refractivity contribution >= 4 is 34.8 Å². The maximum absolute atomic E-state index is 11.8. The van der Waals surface area contributed by atoms with E-state index in [1.165, 1.54) is 4.90 Å². The first kappa shape index (κ1) is 15.1. The van der Waals surface area contributed by atoms with Crippen molar-refractivity contribution in [1.82, 2.24) is 0 Å². The number of carbonyl (C=O) groups is 1. The van der Waals surface area contributed by atoms with E-state index in [4.69, 9.17) is 27.9 Å². The summed E-state index contributed by atoms with van der Waals surface area (Å²) in [7, 11) is 0. The summed E-state index contributed by atoms with van der Waals surface area (Å²) in [5.41, 5.74) is 1.74. The van der Waals surface area contributed by atoms with Crippen LogP contribution in [0.15, 0.2) is 18.2 Å². The summed E-state index contributed by atoms with van der Waals surface area (Å²) in [4.78, 5) is 13.3. The second-order valence-corrected chi connectivity index (χ2v) is 4.13. The normalized spacial score (nSPS) is 10.2. The van der Waals surface area contributed by atoms with E-state index in [9.17, 15) is 4.79 Å². The lowest BCUT2D eigenvalue weighted by atomic mass is 10.1. The molecule has 0 radical (unpaired) electrons. The van der Waals surface area contributed by atoms with E-state index < -0.39 is 0 Å². The van der Waals surface area contributed by atoms with Gasteiger partial charge in [0, 0.05) is 0 Å². The highest BCUT2D eigenvalue weighted by atomic mass is 35.5. The Labute approximate surface area is 118 Å². The largest absolute Gasteiger partial charge is 0.492 e. The summed E-state index contributed by atoms with van der Waals surface area (Å²) < 4.78 is 5.56. The van der Waals surface area contributed by atoms with Gasteiger partial charge in [-0.3, -0.25) is 9.69 Å². The van der Waals surface area contributed by atoms with Crippen LogP contribution in [0.4, 0.5) is 5.69 Å². The van der Waals surface area contributed by atoms with Gasteiger partial charge in [0.2, 0.25) is 5.91 Å². The highest BCUT2D eigenvalue weighted by Crippen LogP contribution is 2.33. The monoisotopic (exact) mass is 289 g/mol. The molecule has 1 amide bonds. The van der Waals surface area contributed by atoms with Gasteiger partial charge in [0.05, 0.1) is 12.3 Å². The van der Waals surface area contributed by atoms with E-state index in [1.54, 1.807) is 0 Å². The third-order valence-corrected chi connectivity index (χ3v) is 3.04. The Morgan fingerprint density at radius 3 is 2.56 bits per heavy atom. The zero-order valence-corrected chi connectivity index (χ0v) is 12.1. The van der Waals surface area contributed by atoms with Crippen LogP contribution in [0.1, 0.15) is 19.4 Å². The Morgan fingerprint density at radius 1 is 1.33 bits per heavy atom. The van der Waals surface area contributed by atoms with Crippen molar-refractivity contribution in [2.24, 2.45) is 0 Å². The molecule has 0 unspecified atom stereocenters. The van der Waals surface area contributed by atoms with Crippen molar-refractivity contribution < 1.29 is 9.53 Å². The summed E-state index contributed by atoms with van der Waals surface area (Å²) in [5.74, 6) is 0.334. The molecule has 0 N–H and O–H groups in total. The van der Waals surface area contributed by atoms with Crippen LogP contribution in [0, 0.1) is 0 Å². The lowest BCUT2D eigenvalue weighted by Gasteiger charge is -2.24. The molecule has 0 bridgehead atoms. The van der Waals surface area contributed by atoms with E-state index in [2.05, 4.69) is 0 Å². The molecule has 5 heteroatoms. The van der Waals surface area contributed by atoms with Crippen LogP contribution in [0.2, 0.25) is 0 Å². The van der Waals surface area contributed by atoms with E-state index in [0.29, 0.717) is 12.4 Å². The van der Waals surface area contributed by atoms with Crippen LogP contribution in [0.5, 0.6) is 5.75 Å². The average Bonchev–Trinajstić information content (AvgIpc) is 2.40. The van der Waals surface area contributed by atoms with Gasteiger partial charge in [-0.1, -0.05) is 19.1 Å². The first-order valence-electron chi connectivity index (χ1n) is 5.86. The van der Waals surface area contributed by atoms with Crippen LogP contribution in [0.3, 0.4) is 0 Å². The number of nitrogens with zero attached hydrogens (tertiary/aromatic N) is 1.